The van der Waals surface area contributed by atoms with E-state index in [0.717, 1.165) is 11.0 Å². The van der Waals surface area contributed by atoms with Crippen LogP contribution in [0.15, 0.2) is 29.1 Å². The molecule has 0 aliphatic rings. The van der Waals surface area contributed by atoms with E-state index in [1.807, 2.05) is 23.6 Å². The lowest BCUT2D eigenvalue weighted by Crippen LogP contribution is -2.06. The summed E-state index contributed by atoms with van der Waals surface area (Å²) in [4.78, 5) is 8.32. The Balaban J connectivity index is 1.95. The normalized spacial score (nSPS) is 11.2. The number of benzene rings is 1. The van der Waals surface area contributed by atoms with Crippen molar-refractivity contribution in [3.8, 4) is 0 Å². The number of imidazole rings is 1. The van der Waals surface area contributed by atoms with E-state index in [1.165, 1.54) is 12.0 Å². The van der Waals surface area contributed by atoms with Crippen molar-refractivity contribution < 1.29 is 4.52 Å². The number of aryl methyl sites for hydroxylation is 3. The molecule has 0 saturated carbocycles. The second-order valence-corrected chi connectivity index (χ2v) is 4.21. The molecule has 0 amide bonds. The molecular weight excluding hydrogens is 230 g/mol. The van der Waals surface area contributed by atoms with Crippen molar-refractivity contribution >= 4 is 17.0 Å². The summed E-state index contributed by atoms with van der Waals surface area (Å²) in [6.07, 6.45) is 1.99. The zero-order chi connectivity index (χ0) is 12.5. The van der Waals surface area contributed by atoms with Crippen LogP contribution in [0.2, 0.25) is 0 Å². The number of nitrogens with zero attached hydrogens (tertiary/aromatic N) is 4. The lowest BCUT2D eigenvalue weighted by atomic mass is 10.2. The maximum absolute atomic E-state index is 5.93. The SMILES string of the molecule is Cc1ccc2nc(N)n(CCc3ncon3)c2c1. The first-order chi connectivity index (χ1) is 8.74. The Morgan fingerprint density at radius 3 is 3.06 bits per heavy atom. The molecular formula is C12H13N5O. The predicted molar refractivity (Wildman–Crippen MR) is 66.9 cm³/mol. The van der Waals surface area contributed by atoms with E-state index in [-0.39, 0.29) is 0 Å². The van der Waals surface area contributed by atoms with Crippen LogP contribution in [0.4, 0.5) is 5.95 Å². The van der Waals surface area contributed by atoms with E-state index in [0.29, 0.717) is 24.7 Å². The van der Waals surface area contributed by atoms with Crippen molar-refractivity contribution in [1.29, 1.82) is 0 Å². The molecule has 3 aromatic rings. The van der Waals surface area contributed by atoms with E-state index in [9.17, 15) is 0 Å². The zero-order valence-electron chi connectivity index (χ0n) is 10.00. The summed E-state index contributed by atoms with van der Waals surface area (Å²) >= 11 is 0. The van der Waals surface area contributed by atoms with Crippen LogP contribution in [-0.2, 0) is 13.0 Å². The minimum absolute atomic E-state index is 0.513. The van der Waals surface area contributed by atoms with Gasteiger partial charge in [-0.25, -0.2) is 4.98 Å². The van der Waals surface area contributed by atoms with Gasteiger partial charge in [-0.15, -0.1) is 0 Å². The molecule has 6 nitrogen and oxygen atoms in total. The van der Waals surface area contributed by atoms with Crippen LogP contribution < -0.4 is 5.73 Å². The standard InChI is InChI=1S/C12H13N5O/c1-8-2-3-9-10(6-8)17(12(13)15-9)5-4-11-14-7-18-16-11/h2-3,6-7H,4-5H2,1H3,(H2,13,15). The van der Waals surface area contributed by atoms with E-state index in [2.05, 4.69) is 21.2 Å². The van der Waals surface area contributed by atoms with E-state index in [1.54, 1.807) is 0 Å². The van der Waals surface area contributed by atoms with Crippen LogP contribution in [-0.4, -0.2) is 19.7 Å². The third-order valence-electron chi connectivity index (χ3n) is 2.90. The molecule has 0 bridgehead atoms. The molecule has 0 unspecified atom stereocenters. The summed E-state index contributed by atoms with van der Waals surface area (Å²) in [6, 6.07) is 6.08. The average molecular weight is 243 g/mol. The molecule has 0 fully saturated rings. The molecule has 0 aliphatic carbocycles. The maximum atomic E-state index is 5.93. The molecule has 0 aliphatic heterocycles. The van der Waals surface area contributed by atoms with Crippen molar-refractivity contribution in [2.45, 2.75) is 19.9 Å². The molecule has 1 aromatic carbocycles. The first-order valence-electron chi connectivity index (χ1n) is 5.71. The van der Waals surface area contributed by atoms with Crippen molar-refractivity contribution in [2.24, 2.45) is 0 Å². The molecule has 0 spiro atoms. The van der Waals surface area contributed by atoms with Crippen molar-refractivity contribution in [1.82, 2.24) is 19.7 Å². The third-order valence-corrected chi connectivity index (χ3v) is 2.90. The van der Waals surface area contributed by atoms with Gasteiger partial charge in [0.25, 0.3) is 0 Å². The van der Waals surface area contributed by atoms with E-state index in [4.69, 9.17) is 10.3 Å². The second-order valence-electron chi connectivity index (χ2n) is 4.21. The maximum Gasteiger partial charge on any atom is 0.213 e. The Morgan fingerprint density at radius 1 is 1.39 bits per heavy atom. The summed E-state index contributed by atoms with van der Waals surface area (Å²) in [5, 5.41) is 3.78. The lowest BCUT2D eigenvalue weighted by molar-refractivity contribution is 0.408. The van der Waals surface area contributed by atoms with Gasteiger partial charge in [0.15, 0.2) is 5.82 Å². The predicted octanol–water partition coefficient (Wildman–Crippen LogP) is 1.55. The van der Waals surface area contributed by atoms with Crippen LogP contribution in [0, 0.1) is 6.92 Å². The van der Waals surface area contributed by atoms with Crippen LogP contribution in [0.5, 0.6) is 0 Å². The number of anilines is 1. The van der Waals surface area contributed by atoms with Gasteiger partial charge in [0, 0.05) is 13.0 Å². The van der Waals surface area contributed by atoms with Gasteiger partial charge in [0.05, 0.1) is 11.0 Å². The van der Waals surface area contributed by atoms with E-state index < -0.39 is 0 Å². The quantitative estimate of drug-likeness (QED) is 0.754. The first-order valence-corrected chi connectivity index (χ1v) is 5.71. The van der Waals surface area contributed by atoms with Crippen molar-refractivity contribution in [3.63, 3.8) is 0 Å². The highest BCUT2D eigenvalue weighted by atomic mass is 16.5. The van der Waals surface area contributed by atoms with Crippen LogP contribution in [0.1, 0.15) is 11.4 Å². The van der Waals surface area contributed by atoms with Gasteiger partial charge in [-0.05, 0) is 24.6 Å². The summed E-state index contributed by atoms with van der Waals surface area (Å²) in [7, 11) is 0. The molecule has 2 N–H and O–H groups in total. The highest BCUT2D eigenvalue weighted by Gasteiger charge is 2.09. The molecule has 0 radical (unpaired) electrons. The Morgan fingerprint density at radius 2 is 2.28 bits per heavy atom. The smallest absolute Gasteiger partial charge is 0.213 e. The monoisotopic (exact) mass is 243 g/mol. The van der Waals surface area contributed by atoms with E-state index >= 15 is 0 Å². The molecule has 18 heavy (non-hydrogen) atoms. The van der Waals surface area contributed by atoms with Crippen LogP contribution in [0.3, 0.4) is 0 Å². The Hall–Kier alpha value is -2.37. The van der Waals surface area contributed by atoms with Gasteiger partial charge in [-0.1, -0.05) is 11.2 Å². The molecule has 3 rings (SSSR count). The fraction of sp³-hybridized carbons (Fsp3) is 0.250. The highest BCUT2D eigenvalue weighted by Crippen LogP contribution is 2.19. The minimum Gasteiger partial charge on any atom is -0.369 e. The van der Waals surface area contributed by atoms with Gasteiger partial charge < -0.3 is 14.8 Å². The van der Waals surface area contributed by atoms with Crippen molar-refractivity contribution in [3.05, 3.63) is 36.0 Å². The minimum atomic E-state index is 0.513. The fourth-order valence-corrected chi connectivity index (χ4v) is 2.00. The summed E-state index contributed by atoms with van der Waals surface area (Å²) in [5.74, 6) is 1.18. The number of hydrogen-bond acceptors (Lipinski definition) is 5. The Bertz CT molecular complexity index is 671. The van der Waals surface area contributed by atoms with Crippen LogP contribution in [0.25, 0.3) is 11.0 Å². The average Bonchev–Trinajstić information content (AvgIpc) is 2.94. The Kier molecular flexibility index (Phi) is 2.47. The second kappa shape index (κ2) is 4.14. The van der Waals surface area contributed by atoms with Gasteiger partial charge in [0.1, 0.15) is 0 Å². The molecule has 0 saturated heterocycles. The molecule has 2 heterocycles. The lowest BCUT2D eigenvalue weighted by Gasteiger charge is -2.04. The number of hydrogen-bond donors (Lipinski definition) is 1. The van der Waals surface area contributed by atoms with Gasteiger partial charge in [0.2, 0.25) is 12.3 Å². The fourth-order valence-electron chi connectivity index (χ4n) is 2.00. The third kappa shape index (κ3) is 1.81. The number of fused-ring (bicyclic) bond motifs is 1. The number of nitrogens with two attached hydrogens (primary N) is 1. The van der Waals surface area contributed by atoms with Crippen LogP contribution >= 0.6 is 0 Å². The molecule has 6 heteroatoms. The molecule has 92 valence electrons. The zero-order valence-corrected chi connectivity index (χ0v) is 10.00. The largest absolute Gasteiger partial charge is 0.369 e. The number of rotatable bonds is 3. The topological polar surface area (TPSA) is 82.8 Å². The first kappa shape index (κ1) is 10.8. The molecule has 2 aromatic heterocycles. The summed E-state index contributed by atoms with van der Waals surface area (Å²) in [6.45, 7) is 2.73. The summed E-state index contributed by atoms with van der Waals surface area (Å²) in [5.41, 5.74) is 9.06. The van der Waals surface area contributed by atoms with Gasteiger partial charge in [-0.2, -0.15) is 4.98 Å². The van der Waals surface area contributed by atoms with Crippen molar-refractivity contribution in [2.75, 3.05) is 5.73 Å². The highest BCUT2D eigenvalue weighted by molar-refractivity contribution is 5.79. The molecule has 0 atom stereocenters. The van der Waals surface area contributed by atoms with Gasteiger partial charge >= 0.3 is 0 Å². The number of nitrogen functional groups attached to an aromatic ring is 1. The summed E-state index contributed by atoms with van der Waals surface area (Å²) < 4.78 is 6.67. The number of aromatic nitrogens is 4. The Labute approximate surface area is 103 Å². The van der Waals surface area contributed by atoms with Gasteiger partial charge in [-0.3, -0.25) is 0 Å².